The van der Waals surface area contributed by atoms with Crippen molar-refractivity contribution >= 4 is 17.4 Å². The van der Waals surface area contributed by atoms with Crippen LogP contribution in [0.2, 0.25) is 0 Å². The number of nitrogens with one attached hydrogen (secondary N) is 1. The lowest BCUT2D eigenvalue weighted by Gasteiger charge is -2.20. The van der Waals surface area contributed by atoms with Gasteiger partial charge in [-0.25, -0.2) is 9.97 Å². The van der Waals surface area contributed by atoms with Crippen molar-refractivity contribution in [2.24, 2.45) is 5.73 Å². The molecule has 0 saturated heterocycles. The fourth-order valence-corrected chi connectivity index (χ4v) is 3.49. The summed E-state index contributed by atoms with van der Waals surface area (Å²) >= 11 is 0. The molecule has 0 spiro atoms. The second kappa shape index (κ2) is 7.43. The van der Waals surface area contributed by atoms with Gasteiger partial charge in [0, 0.05) is 12.7 Å². The molecule has 5 rings (SSSR count). The van der Waals surface area contributed by atoms with E-state index in [-0.39, 0.29) is 0 Å². The number of nitrogens with zero attached hydrogens (tertiary/aromatic N) is 5. The maximum atomic E-state index is 11.7. The zero-order chi connectivity index (χ0) is 20.5. The minimum Gasteiger partial charge on any atom is -0.488 e. The van der Waals surface area contributed by atoms with Crippen LogP contribution in [-0.4, -0.2) is 37.1 Å². The van der Waals surface area contributed by atoms with Gasteiger partial charge in [0.25, 0.3) is 5.91 Å². The first-order valence-electron chi connectivity index (χ1n) is 9.66. The maximum absolute atomic E-state index is 11.7. The molecule has 3 N–H and O–H groups in total. The molecule has 0 radical (unpaired) electrons. The summed E-state index contributed by atoms with van der Waals surface area (Å²) in [4.78, 5) is 21.1. The van der Waals surface area contributed by atoms with Crippen LogP contribution in [0.3, 0.4) is 0 Å². The number of amides is 1. The first-order valence-corrected chi connectivity index (χ1v) is 9.66. The Hall–Kier alpha value is -4.01. The number of anilines is 1. The summed E-state index contributed by atoms with van der Waals surface area (Å²) in [6.07, 6.45) is 3.43. The zero-order valence-corrected chi connectivity index (χ0v) is 16.1. The highest BCUT2D eigenvalue weighted by molar-refractivity contribution is 5.98. The van der Waals surface area contributed by atoms with Crippen molar-refractivity contribution in [1.29, 1.82) is 0 Å². The molecule has 0 atom stereocenters. The predicted molar refractivity (Wildman–Crippen MR) is 110 cm³/mol. The fraction of sp³-hybridized carbons (Fsp3) is 0.190. The minimum absolute atomic E-state index is 0.292. The van der Waals surface area contributed by atoms with Gasteiger partial charge < -0.3 is 15.8 Å². The molecule has 1 aliphatic rings. The third-order valence-corrected chi connectivity index (χ3v) is 4.94. The molecule has 0 saturated carbocycles. The van der Waals surface area contributed by atoms with Crippen LogP contribution in [-0.2, 0) is 13.0 Å². The van der Waals surface area contributed by atoms with E-state index in [1.165, 1.54) is 0 Å². The Morgan fingerprint density at radius 3 is 2.83 bits per heavy atom. The van der Waals surface area contributed by atoms with Gasteiger partial charge in [0.15, 0.2) is 17.2 Å². The Morgan fingerprint density at radius 2 is 2.00 bits per heavy atom. The molecule has 1 aliphatic heterocycles. The number of nitrogens with two attached hydrogens (primary N) is 1. The number of aryl methyl sites for hydroxylation is 1. The fourth-order valence-electron chi connectivity index (χ4n) is 3.49. The van der Waals surface area contributed by atoms with Crippen molar-refractivity contribution in [1.82, 2.24) is 24.6 Å². The van der Waals surface area contributed by atoms with E-state index in [4.69, 9.17) is 10.5 Å². The molecular formula is C21H19N7O2. The van der Waals surface area contributed by atoms with E-state index in [9.17, 15) is 4.79 Å². The van der Waals surface area contributed by atoms with Crippen LogP contribution in [0.4, 0.5) is 5.82 Å². The van der Waals surface area contributed by atoms with E-state index >= 15 is 0 Å². The summed E-state index contributed by atoms with van der Waals surface area (Å²) in [7, 11) is 0. The first kappa shape index (κ1) is 18.0. The quantitative estimate of drug-likeness (QED) is 0.526. The second-order valence-corrected chi connectivity index (χ2v) is 6.97. The van der Waals surface area contributed by atoms with E-state index in [0.717, 1.165) is 24.1 Å². The first-order chi connectivity index (χ1) is 14.7. The van der Waals surface area contributed by atoms with Crippen LogP contribution in [0, 0.1) is 0 Å². The summed E-state index contributed by atoms with van der Waals surface area (Å²) in [6.45, 7) is 1.23. The second-order valence-electron chi connectivity index (χ2n) is 6.97. The average molecular weight is 401 g/mol. The topological polar surface area (TPSA) is 120 Å². The molecule has 3 aromatic heterocycles. The SMILES string of the molecule is NC(=O)c1cccn2c(-c3nc4c(c(NCc5ccccc5)n3)OCCC4)nnc12. The maximum Gasteiger partial charge on any atom is 0.252 e. The Morgan fingerprint density at radius 1 is 1.13 bits per heavy atom. The van der Waals surface area contributed by atoms with Gasteiger partial charge in [-0.2, -0.15) is 0 Å². The molecule has 9 nitrogen and oxygen atoms in total. The molecule has 4 aromatic rings. The van der Waals surface area contributed by atoms with Gasteiger partial charge in [-0.3, -0.25) is 9.20 Å². The van der Waals surface area contributed by atoms with Crippen LogP contribution >= 0.6 is 0 Å². The standard InChI is InChI=1S/C21H19N7O2/c22-17(29)14-8-4-10-28-20(14)26-27-21(28)19-24-15-9-5-11-30-16(15)18(25-19)23-12-13-6-2-1-3-7-13/h1-4,6-8,10H,5,9,11-12H2,(H2,22,29)(H,23,24,25). The van der Waals surface area contributed by atoms with Crippen LogP contribution in [0.5, 0.6) is 5.75 Å². The van der Waals surface area contributed by atoms with Crippen LogP contribution in [0.15, 0.2) is 48.7 Å². The average Bonchev–Trinajstić information content (AvgIpc) is 3.22. The highest BCUT2D eigenvalue weighted by Gasteiger charge is 2.23. The van der Waals surface area contributed by atoms with Crippen LogP contribution in [0.25, 0.3) is 17.3 Å². The number of benzene rings is 1. The molecule has 0 aliphatic carbocycles. The number of hydrogen-bond donors (Lipinski definition) is 2. The van der Waals surface area contributed by atoms with Gasteiger partial charge in [-0.05, 0) is 30.5 Å². The van der Waals surface area contributed by atoms with E-state index in [1.54, 1.807) is 22.7 Å². The van der Waals surface area contributed by atoms with Crippen molar-refractivity contribution < 1.29 is 9.53 Å². The van der Waals surface area contributed by atoms with E-state index < -0.39 is 5.91 Å². The summed E-state index contributed by atoms with van der Waals surface area (Å²) < 4.78 is 7.54. The Balaban J connectivity index is 1.58. The van der Waals surface area contributed by atoms with Gasteiger partial charge in [0.2, 0.25) is 11.6 Å². The third-order valence-electron chi connectivity index (χ3n) is 4.94. The number of rotatable bonds is 5. The molecular weight excluding hydrogens is 382 g/mol. The summed E-state index contributed by atoms with van der Waals surface area (Å²) in [5.41, 5.74) is 8.07. The van der Waals surface area contributed by atoms with E-state index in [1.807, 2.05) is 30.3 Å². The highest BCUT2D eigenvalue weighted by Crippen LogP contribution is 2.33. The van der Waals surface area contributed by atoms with Gasteiger partial charge in [-0.15, -0.1) is 10.2 Å². The summed E-state index contributed by atoms with van der Waals surface area (Å²) in [5.74, 6) is 1.56. The summed E-state index contributed by atoms with van der Waals surface area (Å²) in [6, 6.07) is 13.4. The Bertz CT molecular complexity index is 1240. The molecule has 1 amide bonds. The molecule has 0 bridgehead atoms. The third kappa shape index (κ3) is 3.20. The number of carbonyl (C=O) groups excluding carboxylic acids is 1. The Labute approximate surface area is 171 Å². The lowest BCUT2D eigenvalue weighted by atomic mass is 10.1. The Kier molecular flexibility index (Phi) is 4.47. The number of pyridine rings is 1. The van der Waals surface area contributed by atoms with Gasteiger partial charge in [0.1, 0.15) is 0 Å². The number of fused-ring (bicyclic) bond motifs is 2. The van der Waals surface area contributed by atoms with Crippen molar-refractivity contribution in [2.45, 2.75) is 19.4 Å². The lowest BCUT2D eigenvalue weighted by Crippen LogP contribution is -2.16. The normalized spacial score (nSPS) is 12.9. The lowest BCUT2D eigenvalue weighted by molar-refractivity contribution is 0.100. The number of primary amides is 1. The van der Waals surface area contributed by atoms with Crippen molar-refractivity contribution in [3.8, 4) is 17.4 Å². The molecule has 4 heterocycles. The van der Waals surface area contributed by atoms with Crippen LogP contribution < -0.4 is 15.8 Å². The smallest absolute Gasteiger partial charge is 0.252 e. The molecule has 1 aromatic carbocycles. The molecule has 150 valence electrons. The molecule has 30 heavy (non-hydrogen) atoms. The van der Waals surface area contributed by atoms with Gasteiger partial charge in [0.05, 0.1) is 17.9 Å². The molecule has 0 fully saturated rings. The van der Waals surface area contributed by atoms with Gasteiger partial charge in [-0.1, -0.05) is 30.3 Å². The highest BCUT2D eigenvalue weighted by atomic mass is 16.5. The largest absolute Gasteiger partial charge is 0.488 e. The van der Waals surface area contributed by atoms with Crippen LogP contribution in [0.1, 0.15) is 28.0 Å². The minimum atomic E-state index is -0.565. The number of carbonyl (C=O) groups is 1. The summed E-state index contributed by atoms with van der Waals surface area (Å²) in [5, 5.41) is 11.7. The zero-order valence-electron chi connectivity index (χ0n) is 16.1. The van der Waals surface area contributed by atoms with E-state index in [2.05, 4.69) is 25.5 Å². The van der Waals surface area contributed by atoms with Crippen molar-refractivity contribution in [2.75, 3.05) is 11.9 Å². The number of hydrogen-bond acceptors (Lipinski definition) is 7. The number of ether oxygens (including phenoxy) is 1. The molecule has 0 unspecified atom stereocenters. The van der Waals surface area contributed by atoms with Gasteiger partial charge >= 0.3 is 0 Å². The monoisotopic (exact) mass is 401 g/mol. The van der Waals surface area contributed by atoms with E-state index in [0.29, 0.717) is 47.6 Å². The predicted octanol–water partition coefficient (Wildman–Crippen LogP) is 2.22. The molecule has 9 heteroatoms. The number of aromatic nitrogens is 5. The van der Waals surface area contributed by atoms with Crippen molar-refractivity contribution in [3.63, 3.8) is 0 Å². The van der Waals surface area contributed by atoms with Crippen molar-refractivity contribution in [3.05, 3.63) is 65.5 Å².